The molecule has 0 saturated carbocycles. The molecule has 0 spiro atoms. The molecule has 1 saturated heterocycles. The van der Waals surface area contributed by atoms with Gasteiger partial charge in [0.15, 0.2) is 0 Å². The highest BCUT2D eigenvalue weighted by Crippen LogP contribution is 2.29. The molecule has 1 aliphatic rings. The number of likely N-dealkylation sites (tertiary alicyclic amines) is 1. The topological polar surface area (TPSA) is 46.3 Å². The van der Waals surface area contributed by atoms with E-state index in [1.807, 2.05) is 49.9 Å². The SMILES string of the molecule is CC(N)C1CCCN(C(=O)C(C)(C)Cc2cccc(Cl)c2)C1.Cl. The molecule has 2 unspecified atom stereocenters. The molecule has 0 aromatic heterocycles. The van der Waals surface area contributed by atoms with Gasteiger partial charge in [0.1, 0.15) is 0 Å². The Labute approximate surface area is 151 Å². The van der Waals surface area contributed by atoms with E-state index in [9.17, 15) is 4.79 Å². The number of nitrogens with zero attached hydrogens (tertiary/aromatic N) is 1. The Morgan fingerprint density at radius 3 is 2.78 bits per heavy atom. The van der Waals surface area contributed by atoms with Gasteiger partial charge in [-0.25, -0.2) is 0 Å². The minimum atomic E-state index is -0.426. The van der Waals surface area contributed by atoms with E-state index in [-0.39, 0.29) is 24.4 Å². The van der Waals surface area contributed by atoms with Crippen LogP contribution < -0.4 is 5.73 Å². The van der Waals surface area contributed by atoms with Crippen molar-refractivity contribution >= 4 is 29.9 Å². The van der Waals surface area contributed by atoms with Crippen molar-refractivity contribution in [3.05, 3.63) is 34.9 Å². The summed E-state index contributed by atoms with van der Waals surface area (Å²) < 4.78 is 0. The van der Waals surface area contributed by atoms with Gasteiger partial charge in [-0.15, -0.1) is 12.4 Å². The van der Waals surface area contributed by atoms with Crippen LogP contribution in [-0.2, 0) is 11.2 Å². The summed E-state index contributed by atoms with van der Waals surface area (Å²) in [5.41, 5.74) is 6.70. The molecular weight excluding hydrogens is 331 g/mol. The van der Waals surface area contributed by atoms with Crippen LogP contribution in [0.4, 0.5) is 0 Å². The van der Waals surface area contributed by atoms with Crippen molar-refractivity contribution < 1.29 is 4.79 Å². The van der Waals surface area contributed by atoms with Crippen LogP contribution in [0.5, 0.6) is 0 Å². The van der Waals surface area contributed by atoms with Crippen LogP contribution in [0, 0.1) is 11.3 Å². The predicted molar refractivity (Wildman–Crippen MR) is 99.1 cm³/mol. The van der Waals surface area contributed by atoms with Gasteiger partial charge in [0.05, 0.1) is 0 Å². The maximum atomic E-state index is 12.9. The molecule has 23 heavy (non-hydrogen) atoms. The number of carbonyl (C=O) groups is 1. The molecule has 5 heteroatoms. The van der Waals surface area contributed by atoms with Gasteiger partial charge in [-0.05, 0) is 49.8 Å². The number of hydrogen-bond acceptors (Lipinski definition) is 2. The normalized spacial score (nSPS) is 19.9. The average molecular weight is 359 g/mol. The van der Waals surface area contributed by atoms with Crippen LogP contribution in [0.3, 0.4) is 0 Å². The fraction of sp³-hybridized carbons (Fsp3) is 0.611. The molecule has 0 radical (unpaired) electrons. The third-order valence-corrected chi connectivity index (χ3v) is 4.84. The predicted octanol–water partition coefficient (Wildman–Crippen LogP) is 3.92. The molecule has 2 atom stereocenters. The van der Waals surface area contributed by atoms with Crippen molar-refractivity contribution in [2.45, 2.75) is 46.1 Å². The van der Waals surface area contributed by atoms with E-state index in [2.05, 4.69) is 0 Å². The Balaban J connectivity index is 0.00000264. The number of hydrogen-bond donors (Lipinski definition) is 1. The second-order valence-corrected chi connectivity index (χ2v) is 7.64. The van der Waals surface area contributed by atoms with Crippen LogP contribution >= 0.6 is 24.0 Å². The number of rotatable bonds is 4. The lowest BCUT2D eigenvalue weighted by Gasteiger charge is -2.39. The summed E-state index contributed by atoms with van der Waals surface area (Å²) in [5.74, 6) is 0.637. The largest absolute Gasteiger partial charge is 0.342 e. The smallest absolute Gasteiger partial charge is 0.228 e. The highest BCUT2D eigenvalue weighted by molar-refractivity contribution is 6.30. The van der Waals surface area contributed by atoms with Crippen LogP contribution in [0.15, 0.2) is 24.3 Å². The summed E-state index contributed by atoms with van der Waals surface area (Å²) in [6.07, 6.45) is 2.87. The number of piperidine rings is 1. The van der Waals surface area contributed by atoms with Crippen molar-refractivity contribution in [2.24, 2.45) is 17.1 Å². The summed E-state index contributed by atoms with van der Waals surface area (Å²) in [6, 6.07) is 7.91. The number of benzene rings is 1. The Morgan fingerprint density at radius 2 is 2.17 bits per heavy atom. The van der Waals surface area contributed by atoms with E-state index in [0.717, 1.165) is 36.5 Å². The molecule has 1 aromatic carbocycles. The molecule has 0 bridgehead atoms. The van der Waals surface area contributed by atoms with Crippen molar-refractivity contribution in [1.82, 2.24) is 4.90 Å². The summed E-state index contributed by atoms with van der Waals surface area (Å²) in [7, 11) is 0. The molecule has 0 aliphatic carbocycles. The maximum Gasteiger partial charge on any atom is 0.228 e. The second kappa shape index (κ2) is 8.36. The highest BCUT2D eigenvalue weighted by Gasteiger charge is 2.35. The van der Waals surface area contributed by atoms with Gasteiger partial charge in [0.25, 0.3) is 0 Å². The summed E-state index contributed by atoms with van der Waals surface area (Å²) >= 11 is 6.05. The molecule has 1 fully saturated rings. The van der Waals surface area contributed by atoms with Crippen molar-refractivity contribution in [3.63, 3.8) is 0 Å². The van der Waals surface area contributed by atoms with Crippen molar-refractivity contribution in [1.29, 1.82) is 0 Å². The molecule has 1 heterocycles. The van der Waals surface area contributed by atoms with E-state index in [4.69, 9.17) is 17.3 Å². The zero-order valence-electron chi connectivity index (χ0n) is 14.2. The molecule has 2 rings (SSSR count). The number of carbonyl (C=O) groups excluding carboxylic acids is 1. The lowest BCUT2D eigenvalue weighted by molar-refractivity contribution is -0.142. The number of halogens is 2. The van der Waals surface area contributed by atoms with E-state index in [0.29, 0.717) is 12.3 Å². The monoisotopic (exact) mass is 358 g/mol. The van der Waals surface area contributed by atoms with Gasteiger partial charge in [0, 0.05) is 29.6 Å². The summed E-state index contributed by atoms with van der Waals surface area (Å²) in [5, 5.41) is 0.718. The Morgan fingerprint density at radius 1 is 1.48 bits per heavy atom. The van der Waals surface area contributed by atoms with Gasteiger partial charge in [-0.1, -0.05) is 37.6 Å². The highest BCUT2D eigenvalue weighted by atomic mass is 35.5. The van der Waals surface area contributed by atoms with Gasteiger partial charge in [0.2, 0.25) is 5.91 Å². The van der Waals surface area contributed by atoms with Gasteiger partial charge in [-0.2, -0.15) is 0 Å². The van der Waals surface area contributed by atoms with E-state index in [1.165, 1.54) is 0 Å². The van der Waals surface area contributed by atoms with Gasteiger partial charge >= 0.3 is 0 Å². The molecular formula is C18H28Cl2N2O. The summed E-state index contributed by atoms with van der Waals surface area (Å²) in [4.78, 5) is 14.9. The van der Waals surface area contributed by atoms with Crippen LogP contribution in [0.1, 0.15) is 39.2 Å². The first kappa shape index (κ1) is 20.3. The van der Waals surface area contributed by atoms with E-state index in [1.54, 1.807) is 0 Å². The molecule has 1 amide bonds. The van der Waals surface area contributed by atoms with Crippen LogP contribution in [0.2, 0.25) is 5.02 Å². The molecule has 2 N–H and O–H groups in total. The fourth-order valence-corrected chi connectivity index (χ4v) is 3.50. The maximum absolute atomic E-state index is 12.9. The average Bonchev–Trinajstić information content (AvgIpc) is 2.46. The van der Waals surface area contributed by atoms with Gasteiger partial charge < -0.3 is 10.6 Å². The van der Waals surface area contributed by atoms with Crippen LogP contribution in [-0.4, -0.2) is 29.9 Å². The first-order valence-electron chi connectivity index (χ1n) is 8.09. The first-order chi connectivity index (χ1) is 10.3. The first-order valence-corrected chi connectivity index (χ1v) is 8.47. The lowest BCUT2D eigenvalue weighted by atomic mass is 9.82. The van der Waals surface area contributed by atoms with E-state index >= 15 is 0 Å². The third kappa shape index (κ3) is 5.37. The third-order valence-electron chi connectivity index (χ3n) is 4.60. The van der Waals surface area contributed by atoms with Crippen molar-refractivity contribution in [2.75, 3.05) is 13.1 Å². The van der Waals surface area contributed by atoms with Gasteiger partial charge in [-0.3, -0.25) is 4.79 Å². The zero-order valence-corrected chi connectivity index (χ0v) is 15.8. The summed E-state index contributed by atoms with van der Waals surface area (Å²) in [6.45, 7) is 7.71. The zero-order chi connectivity index (χ0) is 16.3. The second-order valence-electron chi connectivity index (χ2n) is 7.20. The lowest BCUT2D eigenvalue weighted by Crippen LogP contribution is -2.49. The van der Waals surface area contributed by atoms with E-state index < -0.39 is 5.41 Å². The minimum absolute atomic E-state index is 0. The standard InChI is InChI=1S/C18H27ClN2O.ClH/c1-13(20)15-7-5-9-21(12-15)17(22)18(2,3)11-14-6-4-8-16(19)10-14;/h4,6,8,10,13,15H,5,7,9,11-12,20H2,1-3H3;1H. The molecule has 130 valence electrons. The molecule has 3 nitrogen and oxygen atoms in total. The number of nitrogens with two attached hydrogens (primary N) is 1. The Bertz CT molecular complexity index is 532. The molecule has 1 aromatic rings. The minimum Gasteiger partial charge on any atom is -0.342 e. The van der Waals surface area contributed by atoms with Crippen molar-refractivity contribution in [3.8, 4) is 0 Å². The quantitative estimate of drug-likeness (QED) is 0.886. The van der Waals surface area contributed by atoms with Crippen LogP contribution in [0.25, 0.3) is 0 Å². The Hall–Kier alpha value is -0.770. The number of amides is 1. The molecule has 1 aliphatic heterocycles. The Kier molecular flexibility index (Phi) is 7.37. The fourth-order valence-electron chi connectivity index (χ4n) is 3.28.